The number of amides is 1. The number of hydrogen-bond acceptors (Lipinski definition) is 3. The second-order valence-corrected chi connectivity index (χ2v) is 2.71. The minimum Gasteiger partial charge on any atom is -0.369 e. The van der Waals surface area contributed by atoms with Crippen LogP contribution in [0.5, 0.6) is 0 Å². The van der Waals surface area contributed by atoms with Gasteiger partial charge in [0.25, 0.3) is 0 Å². The van der Waals surface area contributed by atoms with E-state index in [4.69, 9.17) is 11.6 Å². The Labute approximate surface area is 84.4 Å². The van der Waals surface area contributed by atoms with Crippen LogP contribution in [0.2, 0.25) is 0 Å². The number of carbonyl (C=O) groups is 1. The van der Waals surface area contributed by atoms with Crippen molar-refractivity contribution in [1.29, 1.82) is 0 Å². The number of carbonyl (C=O) groups excluding carboxylic acids is 1. The number of halogens is 2. The molecule has 74 valence electrons. The molecule has 12 heavy (non-hydrogen) atoms. The van der Waals surface area contributed by atoms with E-state index in [1.807, 2.05) is 0 Å². The SMILES string of the molecule is Cl.Cl.NC(=O)C1CCN(N)CC1. The maximum atomic E-state index is 10.6. The summed E-state index contributed by atoms with van der Waals surface area (Å²) in [5, 5.41) is 1.72. The second kappa shape index (κ2) is 6.48. The smallest absolute Gasteiger partial charge is 0.220 e. The van der Waals surface area contributed by atoms with Crippen LogP contribution in [0, 0.1) is 5.92 Å². The highest BCUT2D eigenvalue weighted by Crippen LogP contribution is 2.13. The van der Waals surface area contributed by atoms with E-state index in [0.717, 1.165) is 25.9 Å². The lowest BCUT2D eigenvalue weighted by Gasteiger charge is -2.26. The molecular weight excluding hydrogens is 201 g/mol. The van der Waals surface area contributed by atoms with Crippen LogP contribution < -0.4 is 11.6 Å². The predicted octanol–water partition coefficient (Wildman–Crippen LogP) is -0.0990. The van der Waals surface area contributed by atoms with Crippen molar-refractivity contribution in [1.82, 2.24) is 5.01 Å². The molecule has 0 aromatic carbocycles. The van der Waals surface area contributed by atoms with E-state index in [0.29, 0.717) is 0 Å². The third kappa shape index (κ3) is 4.11. The molecule has 1 amide bonds. The molecule has 1 fully saturated rings. The molecule has 4 N–H and O–H groups in total. The van der Waals surface area contributed by atoms with Gasteiger partial charge >= 0.3 is 0 Å². The van der Waals surface area contributed by atoms with Crippen LogP contribution in [-0.4, -0.2) is 24.0 Å². The van der Waals surface area contributed by atoms with Crippen molar-refractivity contribution in [2.75, 3.05) is 13.1 Å². The summed E-state index contributed by atoms with van der Waals surface area (Å²) in [5.41, 5.74) is 5.11. The molecule has 6 heteroatoms. The molecule has 0 spiro atoms. The largest absolute Gasteiger partial charge is 0.369 e. The summed E-state index contributed by atoms with van der Waals surface area (Å²) in [4.78, 5) is 10.6. The summed E-state index contributed by atoms with van der Waals surface area (Å²) in [6.07, 6.45) is 1.62. The molecule has 4 nitrogen and oxygen atoms in total. The molecule has 0 aromatic heterocycles. The quantitative estimate of drug-likeness (QED) is 0.601. The second-order valence-electron chi connectivity index (χ2n) is 2.71. The lowest BCUT2D eigenvalue weighted by molar-refractivity contribution is -0.123. The lowest BCUT2D eigenvalue weighted by Crippen LogP contribution is -2.42. The fourth-order valence-corrected chi connectivity index (χ4v) is 1.18. The van der Waals surface area contributed by atoms with Crippen molar-refractivity contribution in [3.63, 3.8) is 0 Å². The van der Waals surface area contributed by atoms with Gasteiger partial charge in [0, 0.05) is 19.0 Å². The molecule has 1 rings (SSSR count). The van der Waals surface area contributed by atoms with Crippen LogP contribution in [0.3, 0.4) is 0 Å². The maximum absolute atomic E-state index is 10.6. The summed E-state index contributed by atoms with van der Waals surface area (Å²) >= 11 is 0. The van der Waals surface area contributed by atoms with Crippen molar-refractivity contribution in [3.05, 3.63) is 0 Å². The fraction of sp³-hybridized carbons (Fsp3) is 0.833. The van der Waals surface area contributed by atoms with Gasteiger partial charge in [-0.15, -0.1) is 24.8 Å². The molecule has 1 aliphatic rings. The predicted molar refractivity (Wildman–Crippen MR) is 52.2 cm³/mol. The molecule has 1 heterocycles. The van der Waals surface area contributed by atoms with Crippen molar-refractivity contribution in [2.45, 2.75) is 12.8 Å². The first-order valence-corrected chi connectivity index (χ1v) is 3.49. The minimum absolute atomic E-state index is 0. The van der Waals surface area contributed by atoms with E-state index in [-0.39, 0.29) is 36.6 Å². The molecule has 0 atom stereocenters. The van der Waals surface area contributed by atoms with E-state index in [2.05, 4.69) is 0 Å². The zero-order chi connectivity index (χ0) is 7.56. The zero-order valence-electron chi connectivity index (χ0n) is 6.73. The third-order valence-electron chi connectivity index (χ3n) is 1.93. The Kier molecular flexibility index (Phi) is 7.83. The summed E-state index contributed by atoms with van der Waals surface area (Å²) in [6.45, 7) is 1.57. The number of hydrogen-bond donors (Lipinski definition) is 2. The number of nitrogens with zero attached hydrogens (tertiary/aromatic N) is 1. The minimum atomic E-state index is -0.187. The number of piperidine rings is 1. The van der Waals surface area contributed by atoms with Gasteiger partial charge in [-0.25, -0.2) is 5.01 Å². The number of nitrogens with two attached hydrogens (primary N) is 2. The summed E-state index contributed by atoms with van der Waals surface area (Å²) < 4.78 is 0. The molecular formula is C6H15Cl2N3O. The van der Waals surface area contributed by atoms with Gasteiger partial charge in [0.1, 0.15) is 0 Å². The number of rotatable bonds is 1. The monoisotopic (exact) mass is 215 g/mol. The highest BCUT2D eigenvalue weighted by molar-refractivity contribution is 5.85. The normalized spacial score (nSPS) is 19.1. The van der Waals surface area contributed by atoms with Crippen LogP contribution >= 0.6 is 24.8 Å². The standard InChI is InChI=1S/C6H13N3O.2ClH/c7-6(10)5-1-3-9(8)4-2-5;;/h5H,1-4,8H2,(H2,7,10);2*1H. The Bertz CT molecular complexity index is 137. The summed E-state index contributed by atoms with van der Waals surface area (Å²) in [7, 11) is 0. The average molecular weight is 216 g/mol. The third-order valence-corrected chi connectivity index (χ3v) is 1.93. The Morgan fingerprint density at radius 3 is 2.00 bits per heavy atom. The number of primary amides is 1. The molecule has 0 aromatic rings. The van der Waals surface area contributed by atoms with Gasteiger partial charge in [0.05, 0.1) is 0 Å². The van der Waals surface area contributed by atoms with Gasteiger partial charge in [-0.05, 0) is 12.8 Å². The maximum Gasteiger partial charge on any atom is 0.220 e. The Hall–Kier alpha value is -0.0300. The molecule has 0 saturated carbocycles. The Morgan fingerprint density at radius 2 is 1.67 bits per heavy atom. The van der Waals surface area contributed by atoms with Crippen LogP contribution in [0.1, 0.15) is 12.8 Å². The Balaban J connectivity index is 0. The first-order valence-electron chi connectivity index (χ1n) is 3.49. The summed E-state index contributed by atoms with van der Waals surface area (Å²) in [5.74, 6) is 5.35. The molecule has 0 radical (unpaired) electrons. The first-order chi connectivity index (χ1) is 4.70. The van der Waals surface area contributed by atoms with Crippen molar-refractivity contribution >= 4 is 30.7 Å². The van der Waals surface area contributed by atoms with E-state index < -0.39 is 0 Å². The van der Waals surface area contributed by atoms with Gasteiger partial charge in [0.2, 0.25) is 5.91 Å². The van der Waals surface area contributed by atoms with E-state index in [9.17, 15) is 4.79 Å². The van der Waals surface area contributed by atoms with E-state index in [1.54, 1.807) is 5.01 Å². The van der Waals surface area contributed by atoms with Crippen molar-refractivity contribution < 1.29 is 4.79 Å². The molecule has 0 aliphatic carbocycles. The van der Waals surface area contributed by atoms with Crippen LogP contribution in [0.15, 0.2) is 0 Å². The fourth-order valence-electron chi connectivity index (χ4n) is 1.18. The number of hydrazine groups is 1. The molecule has 0 unspecified atom stereocenters. The van der Waals surface area contributed by atoms with Crippen LogP contribution in [0.4, 0.5) is 0 Å². The molecule has 1 aliphatic heterocycles. The summed E-state index contributed by atoms with van der Waals surface area (Å²) in [6, 6.07) is 0. The van der Waals surface area contributed by atoms with Gasteiger partial charge in [0.15, 0.2) is 0 Å². The molecule has 1 saturated heterocycles. The average Bonchev–Trinajstić information content (AvgIpc) is 1.88. The van der Waals surface area contributed by atoms with Gasteiger partial charge in [-0.1, -0.05) is 0 Å². The van der Waals surface area contributed by atoms with Crippen molar-refractivity contribution in [2.24, 2.45) is 17.5 Å². The van der Waals surface area contributed by atoms with E-state index >= 15 is 0 Å². The molecule has 0 bridgehead atoms. The highest BCUT2D eigenvalue weighted by atomic mass is 35.5. The Morgan fingerprint density at radius 1 is 1.25 bits per heavy atom. The van der Waals surface area contributed by atoms with E-state index in [1.165, 1.54) is 0 Å². The first kappa shape index (κ1) is 14.5. The van der Waals surface area contributed by atoms with Crippen LogP contribution in [-0.2, 0) is 4.79 Å². The van der Waals surface area contributed by atoms with Gasteiger partial charge in [-0.2, -0.15) is 0 Å². The van der Waals surface area contributed by atoms with Crippen LogP contribution in [0.25, 0.3) is 0 Å². The topological polar surface area (TPSA) is 72.4 Å². The lowest BCUT2D eigenvalue weighted by atomic mass is 9.97. The van der Waals surface area contributed by atoms with Gasteiger partial charge in [-0.3, -0.25) is 10.6 Å². The van der Waals surface area contributed by atoms with Gasteiger partial charge < -0.3 is 5.73 Å². The van der Waals surface area contributed by atoms with Crippen molar-refractivity contribution in [3.8, 4) is 0 Å². The highest BCUT2D eigenvalue weighted by Gasteiger charge is 2.20. The zero-order valence-corrected chi connectivity index (χ0v) is 8.37.